The predicted octanol–water partition coefficient (Wildman–Crippen LogP) is 9.88. The van der Waals surface area contributed by atoms with Crippen LogP contribution in [-0.4, -0.2) is 12.6 Å². The van der Waals surface area contributed by atoms with Crippen LogP contribution in [0, 0.1) is 0 Å². The van der Waals surface area contributed by atoms with E-state index < -0.39 is 0 Å². The first-order chi connectivity index (χ1) is 21.3. The van der Waals surface area contributed by atoms with E-state index in [1.807, 2.05) is 24.5 Å². The van der Waals surface area contributed by atoms with Gasteiger partial charge in [-0.05, 0) is 12.8 Å². The van der Waals surface area contributed by atoms with Gasteiger partial charge in [-0.15, -0.1) is 0 Å². The first-order valence-corrected chi connectivity index (χ1v) is 19.4. The lowest BCUT2D eigenvalue weighted by Gasteiger charge is -2.05. The lowest BCUT2D eigenvalue weighted by Crippen LogP contribution is -3.00. The molecule has 0 saturated carbocycles. The highest BCUT2D eigenvalue weighted by Crippen LogP contribution is 2.15. The summed E-state index contributed by atoms with van der Waals surface area (Å²) in [4.78, 5) is 12.4. The summed E-state index contributed by atoms with van der Waals surface area (Å²) in [5.74, 6) is -0.177. The van der Waals surface area contributed by atoms with E-state index in [-0.39, 0.29) is 18.4 Å². The van der Waals surface area contributed by atoms with E-state index >= 15 is 0 Å². The molecular formula is C40H74ClNO2. The molecule has 1 aromatic heterocycles. The zero-order valence-electron chi connectivity index (χ0n) is 29.6. The van der Waals surface area contributed by atoms with Crippen molar-refractivity contribution in [2.75, 3.05) is 6.61 Å². The van der Waals surface area contributed by atoms with E-state index in [1.165, 1.54) is 186 Å². The molecule has 4 heteroatoms. The van der Waals surface area contributed by atoms with Crippen molar-refractivity contribution in [2.24, 2.45) is 0 Å². The van der Waals surface area contributed by atoms with Gasteiger partial charge in [-0.3, -0.25) is 0 Å². The molecule has 3 nitrogen and oxygen atoms in total. The molecule has 0 aliphatic heterocycles. The zero-order chi connectivity index (χ0) is 30.9. The molecule has 258 valence electrons. The van der Waals surface area contributed by atoms with Gasteiger partial charge in [0.2, 0.25) is 0 Å². The van der Waals surface area contributed by atoms with Crippen molar-refractivity contribution in [3.63, 3.8) is 0 Å². The molecule has 1 rings (SSSR count). The molecule has 0 amide bonds. The topological polar surface area (TPSA) is 30.2 Å². The highest BCUT2D eigenvalue weighted by atomic mass is 35.5. The third kappa shape index (κ3) is 28.4. The second-order valence-electron chi connectivity index (χ2n) is 13.4. The summed E-state index contributed by atoms with van der Waals surface area (Å²) in [5, 5.41) is 0. The fourth-order valence-corrected chi connectivity index (χ4v) is 6.13. The normalized spacial score (nSPS) is 11.0. The van der Waals surface area contributed by atoms with Crippen LogP contribution in [0.2, 0.25) is 0 Å². The van der Waals surface area contributed by atoms with Crippen LogP contribution in [0.5, 0.6) is 0 Å². The Balaban J connectivity index is 0.0000185. The number of esters is 1. The number of aryl methyl sites for hydroxylation is 1. The second-order valence-corrected chi connectivity index (χ2v) is 13.4. The van der Waals surface area contributed by atoms with Crippen LogP contribution in [0.3, 0.4) is 0 Å². The summed E-state index contributed by atoms with van der Waals surface area (Å²) < 4.78 is 7.72. The number of nitrogens with zero attached hydrogens (tertiary/aromatic N) is 1. The minimum Gasteiger partial charge on any atom is -1.00 e. The van der Waals surface area contributed by atoms with Gasteiger partial charge < -0.3 is 17.1 Å². The van der Waals surface area contributed by atoms with Crippen LogP contribution in [0.25, 0.3) is 0 Å². The van der Waals surface area contributed by atoms with Crippen molar-refractivity contribution in [1.82, 2.24) is 0 Å². The number of carbonyl (C=O) groups excluding carboxylic acids is 1. The fraction of sp³-hybridized carbons (Fsp3) is 0.850. The quantitative estimate of drug-likeness (QED) is 0.0437. The molecule has 0 radical (unpaired) electrons. The minimum atomic E-state index is -0.177. The van der Waals surface area contributed by atoms with E-state index in [2.05, 4.69) is 18.4 Å². The van der Waals surface area contributed by atoms with E-state index in [9.17, 15) is 4.79 Å². The molecule has 0 N–H and O–H groups in total. The Hall–Kier alpha value is -1.09. The number of carbonyl (C=O) groups is 1. The maximum atomic E-state index is 12.4. The Morgan fingerprint density at radius 3 is 1.11 bits per heavy atom. The van der Waals surface area contributed by atoms with Crippen molar-refractivity contribution >= 4 is 5.97 Å². The van der Waals surface area contributed by atoms with Crippen LogP contribution in [-0.2, 0) is 11.3 Å². The molecule has 0 aromatic carbocycles. The maximum absolute atomic E-state index is 12.4. The third-order valence-electron chi connectivity index (χ3n) is 9.13. The Labute approximate surface area is 281 Å². The number of ether oxygens (including phenoxy) is 1. The largest absolute Gasteiger partial charge is 1.00 e. The summed E-state index contributed by atoms with van der Waals surface area (Å²) in [6, 6.07) is 3.83. The van der Waals surface area contributed by atoms with E-state index in [0.717, 1.165) is 13.0 Å². The Bertz CT molecular complexity index is 708. The van der Waals surface area contributed by atoms with Gasteiger partial charge in [0.15, 0.2) is 12.4 Å². The number of hydrogen-bond donors (Lipinski definition) is 0. The molecule has 44 heavy (non-hydrogen) atoms. The summed E-state index contributed by atoms with van der Waals surface area (Å²) in [5.41, 5.74) is 0.675. The van der Waals surface area contributed by atoms with Crippen LogP contribution in [0.4, 0.5) is 0 Å². The van der Waals surface area contributed by atoms with Crippen molar-refractivity contribution in [3.05, 3.63) is 30.1 Å². The van der Waals surface area contributed by atoms with Gasteiger partial charge in [0.25, 0.3) is 0 Å². The first kappa shape index (κ1) is 42.9. The van der Waals surface area contributed by atoms with Crippen LogP contribution < -0.4 is 17.0 Å². The number of unbranched alkanes of at least 4 members (excludes halogenated alkanes) is 28. The molecule has 1 aromatic rings. The molecule has 0 aliphatic carbocycles. The van der Waals surface area contributed by atoms with Crippen LogP contribution >= 0.6 is 0 Å². The van der Waals surface area contributed by atoms with Crippen molar-refractivity contribution in [1.29, 1.82) is 0 Å². The molecule has 0 atom stereocenters. The monoisotopic (exact) mass is 636 g/mol. The summed E-state index contributed by atoms with van der Waals surface area (Å²) in [6.45, 7) is 6.16. The summed E-state index contributed by atoms with van der Waals surface area (Å²) >= 11 is 0. The average Bonchev–Trinajstić information content (AvgIpc) is 3.03. The smallest absolute Gasteiger partial charge is 0.338 e. The third-order valence-corrected chi connectivity index (χ3v) is 9.13. The molecule has 0 fully saturated rings. The molecule has 1 heterocycles. The van der Waals surface area contributed by atoms with Crippen molar-refractivity contribution in [3.8, 4) is 0 Å². The average molecular weight is 636 g/mol. The van der Waals surface area contributed by atoms with Gasteiger partial charge in [0, 0.05) is 18.6 Å². The van der Waals surface area contributed by atoms with Crippen molar-refractivity contribution in [2.45, 2.75) is 213 Å². The molecule has 0 aliphatic rings. The van der Waals surface area contributed by atoms with Gasteiger partial charge in [-0.25, -0.2) is 9.36 Å². The summed E-state index contributed by atoms with van der Waals surface area (Å²) in [7, 11) is 0. The number of hydrogen-bond acceptors (Lipinski definition) is 2. The van der Waals surface area contributed by atoms with Gasteiger partial charge in [0.05, 0.1) is 12.2 Å². The first-order valence-electron chi connectivity index (χ1n) is 19.4. The van der Waals surface area contributed by atoms with Gasteiger partial charge in [-0.1, -0.05) is 187 Å². The maximum Gasteiger partial charge on any atom is 0.338 e. The number of pyridine rings is 1. The second kappa shape index (κ2) is 34.8. The number of aromatic nitrogens is 1. The van der Waals surface area contributed by atoms with Crippen LogP contribution in [0.1, 0.15) is 217 Å². The molecule has 0 bridgehead atoms. The standard InChI is InChI=1S/C40H74NO2.ClH/c1-3-5-7-9-11-13-15-17-19-20-21-23-25-27-29-31-35-41-36-33-39(34-37-41)40(42)43-38-32-30-28-26-24-22-18-16-14-12-10-8-6-4-2;/h33-34,36-37H,3-32,35,38H2,1-2H3;1H/q+1;/p-1. The SMILES string of the molecule is CCCCCCCCCCCCCCCCCC[n+]1ccc(C(=O)OCCCCCCCCCCCCCCCC)cc1.[Cl-]. The highest BCUT2D eigenvalue weighted by Gasteiger charge is 2.09. The van der Waals surface area contributed by atoms with Gasteiger partial charge >= 0.3 is 5.97 Å². The van der Waals surface area contributed by atoms with E-state index in [4.69, 9.17) is 4.74 Å². The Kier molecular flexibility index (Phi) is 33.9. The van der Waals surface area contributed by atoms with Gasteiger partial charge in [0.1, 0.15) is 6.54 Å². The van der Waals surface area contributed by atoms with Crippen LogP contribution in [0.15, 0.2) is 24.5 Å². The lowest BCUT2D eigenvalue weighted by molar-refractivity contribution is -0.697. The Morgan fingerprint density at radius 1 is 0.477 bits per heavy atom. The Morgan fingerprint density at radius 2 is 0.773 bits per heavy atom. The fourth-order valence-electron chi connectivity index (χ4n) is 6.13. The number of rotatable bonds is 33. The molecule has 0 saturated heterocycles. The summed E-state index contributed by atoms with van der Waals surface area (Å²) in [6.07, 6.45) is 45.2. The molecular weight excluding hydrogens is 562 g/mol. The van der Waals surface area contributed by atoms with Crippen molar-refractivity contribution < 1.29 is 26.5 Å². The predicted molar refractivity (Wildman–Crippen MR) is 187 cm³/mol. The molecule has 0 unspecified atom stereocenters. The number of halogens is 1. The van der Waals surface area contributed by atoms with E-state index in [1.54, 1.807) is 0 Å². The zero-order valence-corrected chi connectivity index (χ0v) is 30.3. The van der Waals surface area contributed by atoms with E-state index in [0.29, 0.717) is 12.2 Å². The molecule has 0 spiro atoms. The van der Waals surface area contributed by atoms with Gasteiger partial charge in [-0.2, -0.15) is 0 Å². The highest BCUT2D eigenvalue weighted by molar-refractivity contribution is 5.88. The minimum absolute atomic E-state index is 0. The lowest BCUT2D eigenvalue weighted by atomic mass is 10.0.